The lowest BCUT2D eigenvalue weighted by Gasteiger charge is -2.43. The van der Waals surface area contributed by atoms with Crippen LogP contribution < -0.4 is 0 Å². The van der Waals surface area contributed by atoms with Crippen molar-refractivity contribution in [1.82, 2.24) is 9.88 Å². The molecule has 2 aromatic carbocycles. The van der Waals surface area contributed by atoms with Crippen molar-refractivity contribution in [3.8, 4) is 0 Å². The van der Waals surface area contributed by atoms with E-state index in [0.717, 1.165) is 55.7 Å². The number of aliphatic hydroxyl groups is 1. The highest BCUT2D eigenvalue weighted by molar-refractivity contribution is 5.37. The number of benzene rings is 2. The standard InChI is InChI=1S/C25H28N2O/c28-25(21-10-3-1-4-11-21,22-12-5-2-6-13-22)23-14-9-18-27(20-23)19-16-24-15-7-8-17-26-24/h1-8,10-13,15,17,23,28H,9,14,16,18-20H2. The Balaban J connectivity index is 1.56. The van der Waals surface area contributed by atoms with Crippen LogP contribution in [0, 0.1) is 5.92 Å². The Bertz CT molecular complexity index is 812. The van der Waals surface area contributed by atoms with Crippen LogP contribution in [0.25, 0.3) is 0 Å². The Labute approximate surface area is 167 Å². The second kappa shape index (κ2) is 8.68. The first-order chi connectivity index (χ1) is 13.8. The van der Waals surface area contributed by atoms with E-state index in [4.69, 9.17) is 0 Å². The van der Waals surface area contributed by atoms with Crippen molar-refractivity contribution < 1.29 is 5.11 Å². The van der Waals surface area contributed by atoms with Gasteiger partial charge in [-0.25, -0.2) is 0 Å². The number of pyridine rings is 1. The topological polar surface area (TPSA) is 36.4 Å². The van der Waals surface area contributed by atoms with Gasteiger partial charge in [0, 0.05) is 37.3 Å². The van der Waals surface area contributed by atoms with Gasteiger partial charge in [-0.05, 0) is 42.6 Å². The van der Waals surface area contributed by atoms with Gasteiger partial charge in [0.1, 0.15) is 5.60 Å². The van der Waals surface area contributed by atoms with Crippen LogP contribution >= 0.6 is 0 Å². The van der Waals surface area contributed by atoms with Crippen molar-refractivity contribution >= 4 is 0 Å². The smallest absolute Gasteiger partial charge is 0.119 e. The van der Waals surface area contributed by atoms with Crippen molar-refractivity contribution in [2.45, 2.75) is 24.9 Å². The summed E-state index contributed by atoms with van der Waals surface area (Å²) >= 11 is 0. The largest absolute Gasteiger partial charge is 0.380 e. The molecule has 4 rings (SSSR count). The van der Waals surface area contributed by atoms with Gasteiger partial charge in [-0.3, -0.25) is 4.98 Å². The number of aromatic nitrogens is 1. The van der Waals surface area contributed by atoms with E-state index < -0.39 is 5.60 Å². The third-order valence-electron chi connectivity index (χ3n) is 5.93. The normalized spacial score (nSPS) is 18.1. The third kappa shape index (κ3) is 4.01. The minimum atomic E-state index is -0.966. The molecule has 0 saturated carbocycles. The van der Waals surface area contributed by atoms with Gasteiger partial charge in [0.25, 0.3) is 0 Å². The molecule has 1 atom stereocenters. The first-order valence-electron chi connectivity index (χ1n) is 10.2. The van der Waals surface area contributed by atoms with Crippen molar-refractivity contribution in [3.05, 3.63) is 102 Å². The van der Waals surface area contributed by atoms with Gasteiger partial charge < -0.3 is 10.0 Å². The molecule has 0 spiro atoms. The zero-order valence-electron chi connectivity index (χ0n) is 16.2. The lowest BCUT2D eigenvalue weighted by molar-refractivity contribution is -0.0196. The molecule has 28 heavy (non-hydrogen) atoms. The molecule has 3 aromatic rings. The Hall–Kier alpha value is -2.49. The highest BCUT2D eigenvalue weighted by Crippen LogP contribution is 2.41. The molecule has 1 aliphatic rings. The summed E-state index contributed by atoms with van der Waals surface area (Å²) in [5, 5.41) is 12.0. The first kappa shape index (κ1) is 18.9. The molecule has 3 heteroatoms. The lowest BCUT2D eigenvalue weighted by atomic mass is 9.73. The molecule has 144 valence electrons. The molecule has 1 unspecified atom stereocenters. The molecule has 1 saturated heterocycles. The number of nitrogens with zero attached hydrogens (tertiary/aromatic N) is 2. The van der Waals surface area contributed by atoms with E-state index in [1.807, 2.05) is 54.7 Å². The van der Waals surface area contributed by atoms with Crippen molar-refractivity contribution in [2.75, 3.05) is 19.6 Å². The summed E-state index contributed by atoms with van der Waals surface area (Å²) in [5.41, 5.74) is 2.13. The van der Waals surface area contributed by atoms with E-state index in [0.29, 0.717) is 0 Å². The summed E-state index contributed by atoms with van der Waals surface area (Å²) in [4.78, 5) is 6.94. The van der Waals surface area contributed by atoms with Crippen molar-refractivity contribution in [1.29, 1.82) is 0 Å². The van der Waals surface area contributed by atoms with Crippen LogP contribution in [-0.4, -0.2) is 34.6 Å². The predicted molar refractivity (Wildman–Crippen MR) is 113 cm³/mol. The highest BCUT2D eigenvalue weighted by atomic mass is 16.3. The Kier molecular flexibility index (Phi) is 5.84. The quantitative estimate of drug-likeness (QED) is 0.702. The van der Waals surface area contributed by atoms with E-state index >= 15 is 0 Å². The van der Waals surface area contributed by atoms with Gasteiger partial charge in [-0.1, -0.05) is 66.7 Å². The number of likely N-dealkylation sites (tertiary alicyclic amines) is 1. The van der Waals surface area contributed by atoms with Crippen LogP contribution in [0.15, 0.2) is 85.1 Å². The second-order valence-corrected chi connectivity index (χ2v) is 7.71. The van der Waals surface area contributed by atoms with Crippen LogP contribution in [0.4, 0.5) is 0 Å². The molecule has 1 aromatic heterocycles. The maximum atomic E-state index is 12.0. The van der Waals surface area contributed by atoms with Gasteiger partial charge in [0.15, 0.2) is 0 Å². The highest BCUT2D eigenvalue weighted by Gasteiger charge is 2.41. The van der Waals surface area contributed by atoms with E-state index in [2.05, 4.69) is 40.2 Å². The summed E-state index contributed by atoms with van der Waals surface area (Å²) in [6.07, 6.45) is 4.94. The van der Waals surface area contributed by atoms with Gasteiger partial charge in [-0.2, -0.15) is 0 Å². The van der Waals surface area contributed by atoms with Crippen LogP contribution in [0.1, 0.15) is 29.7 Å². The molecule has 3 nitrogen and oxygen atoms in total. The average molecular weight is 373 g/mol. The van der Waals surface area contributed by atoms with Crippen LogP contribution in [0.2, 0.25) is 0 Å². The van der Waals surface area contributed by atoms with Crippen molar-refractivity contribution in [3.63, 3.8) is 0 Å². The van der Waals surface area contributed by atoms with Crippen molar-refractivity contribution in [2.24, 2.45) is 5.92 Å². The maximum Gasteiger partial charge on any atom is 0.119 e. The van der Waals surface area contributed by atoms with Gasteiger partial charge >= 0.3 is 0 Å². The zero-order chi connectivity index (χ0) is 19.2. The summed E-state index contributed by atoms with van der Waals surface area (Å²) < 4.78 is 0. The number of rotatable bonds is 6. The fourth-order valence-corrected chi connectivity index (χ4v) is 4.44. The molecule has 1 aliphatic heterocycles. The SMILES string of the molecule is OC(c1ccccc1)(c1ccccc1)C1CCCN(CCc2ccccn2)C1. The van der Waals surface area contributed by atoms with Gasteiger partial charge in [-0.15, -0.1) is 0 Å². The summed E-state index contributed by atoms with van der Waals surface area (Å²) in [6, 6.07) is 26.4. The number of hydrogen-bond acceptors (Lipinski definition) is 3. The molecule has 1 fully saturated rings. The van der Waals surface area contributed by atoms with Crippen LogP contribution in [0.3, 0.4) is 0 Å². The molecule has 0 amide bonds. The Morgan fingerprint density at radius 1 is 0.893 bits per heavy atom. The number of hydrogen-bond donors (Lipinski definition) is 1. The molecule has 2 heterocycles. The van der Waals surface area contributed by atoms with E-state index in [9.17, 15) is 5.11 Å². The molecule has 0 aliphatic carbocycles. The predicted octanol–water partition coefficient (Wildman–Crippen LogP) is 4.27. The average Bonchev–Trinajstić information content (AvgIpc) is 2.79. The Morgan fingerprint density at radius 2 is 1.54 bits per heavy atom. The number of piperidine rings is 1. The van der Waals surface area contributed by atoms with Gasteiger partial charge in [0.05, 0.1) is 0 Å². The van der Waals surface area contributed by atoms with Crippen LogP contribution in [0.5, 0.6) is 0 Å². The molecule has 0 radical (unpaired) electrons. The summed E-state index contributed by atoms with van der Waals surface area (Å²) in [5.74, 6) is 0.162. The second-order valence-electron chi connectivity index (χ2n) is 7.71. The van der Waals surface area contributed by atoms with E-state index in [1.54, 1.807) is 0 Å². The molecule has 1 N–H and O–H groups in total. The van der Waals surface area contributed by atoms with E-state index in [-0.39, 0.29) is 5.92 Å². The van der Waals surface area contributed by atoms with Gasteiger partial charge in [0.2, 0.25) is 0 Å². The molecular formula is C25H28N2O. The lowest BCUT2D eigenvalue weighted by Crippen LogP contribution is -2.47. The van der Waals surface area contributed by atoms with Crippen LogP contribution in [-0.2, 0) is 12.0 Å². The molecular weight excluding hydrogens is 344 g/mol. The minimum absolute atomic E-state index is 0.162. The zero-order valence-corrected chi connectivity index (χ0v) is 16.2. The fourth-order valence-electron chi connectivity index (χ4n) is 4.44. The molecule has 0 bridgehead atoms. The maximum absolute atomic E-state index is 12.0. The third-order valence-corrected chi connectivity index (χ3v) is 5.93. The minimum Gasteiger partial charge on any atom is -0.380 e. The first-order valence-corrected chi connectivity index (χ1v) is 10.2. The Morgan fingerprint density at radius 3 is 2.14 bits per heavy atom. The van der Waals surface area contributed by atoms with E-state index in [1.165, 1.54) is 0 Å². The summed E-state index contributed by atoms with van der Waals surface area (Å²) in [7, 11) is 0. The summed E-state index contributed by atoms with van der Waals surface area (Å²) in [6.45, 7) is 2.96. The fraction of sp³-hybridized carbons (Fsp3) is 0.320. The monoisotopic (exact) mass is 372 g/mol.